The summed E-state index contributed by atoms with van der Waals surface area (Å²) in [7, 11) is 0. The summed E-state index contributed by atoms with van der Waals surface area (Å²) < 4.78 is 0. The monoisotopic (exact) mass is 251 g/mol. The first kappa shape index (κ1) is 13.3. The summed E-state index contributed by atoms with van der Waals surface area (Å²) in [5.41, 5.74) is 0.934. The Hall–Kier alpha value is -1.73. The number of nitriles is 1. The largest absolute Gasteiger partial charge is 0.374 e. The van der Waals surface area contributed by atoms with Crippen molar-refractivity contribution < 1.29 is 4.79 Å². The molecule has 17 heavy (non-hydrogen) atoms. The maximum Gasteiger partial charge on any atom is 0.239 e. The van der Waals surface area contributed by atoms with Gasteiger partial charge in [0, 0.05) is 6.54 Å². The van der Waals surface area contributed by atoms with Crippen LogP contribution >= 0.6 is 11.6 Å². The fraction of sp³-hybridized carbons (Fsp3) is 0.333. The van der Waals surface area contributed by atoms with Gasteiger partial charge in [0.1, 0.15) is 6.07 Å². The molecule has 0 spiro atoms. The number of hydrogen-bond donors (Lipinski definition) is 2. The zero-order valence-electron chi connectivity index (χ0n) is 9.59. The van der Waals surface area contributed by atoms with Gasteiger partial charge in [-0.05, 0) is 18.6 Å². The third-order valence-corrected chi connectivity index (χ3v) is 2.45. The molecule has 0 aliphatic carbocycles. The molecule has 2 N–H and O–H groups in total. The first-order chi connectivity index (χ1) is 8.19. The number of nitrogens with zero attached hydrogens (tertiary/aromatic N) is 1. The minimum Gasteiger partial charge on any atom is -0.374 e. The van der Waals surface area contributed by atoms with Crippen molar-refractivity contribution >= 4 is 23.2 Å². The van der Waals surface area contributed by atoms with Gasteiger partial charge in [0.05, 0.1) is 22.8 Å². The van der Waals surface area contributed by atoms with Crippen LogP contribution in [0.5, 0.6) is 0 Å². The molecule has 90 valence electrons. The quantitative estimate of drug-likeness (QED) is 0.843. The molecule has 0 aliphatic heterocycles. The van der Waals surface area contributed by atoms with Crippen molar-refractivity contribution in [3.63, 3.8) is 0 Å². The molecule has 0 saturated carbocycles. The number of amides is 1. The topological polar surface area (TPSA) is 64.9 Å². The predicted octanol–water partition coefficient (Wildman–Crippen LogP) is 2.15. The molecule has 0 fully saturated rings. The zero-order valence-corrected chi connectivity index (χ0v) is 10.3. The van der Waals surface area contributed by atoms with Gasteiger partial charge in [-0.25, -0.2) is 0 Å². The van der Waals surface area contributed by atoms with Crippen molar-refractivity contribution in [2.45, 2.75) is 13.3 Å². The fourth-order valence-electron chi connectivity index (χ4n) is 1.29. The van der Waals surface area contributed by atoms with E-state index in [9.17, 15) is 4.79 Å². The molecule has 1 aromatic carbocycles. The van der Waals surface area contributed by atoms with Gasteiger partial charge < -0.3 is 10.6 Å². The van der Waals surface area contributed by atoms with Crippen molar-refractivity contribution in [1.82, 2.24) is 5.32 Å². The van der Waals surface area contributed by atoms with E-state index in [1.807, 2.05) is 13.0 Å². The highest BCUT2D eigenvalue weighted by atomic mass is 35.5. The van der Waals surface area contributed by atoms with Crippen LogP contribution in [-0.2, 0) is 4.79 Å². The highest BCUT2D eigenvalue weighted by Crippen LogP contribution is 2.24. The summed E-state index contributed by atoms with van der Waals surface area (Å²) in [6, 6.07) is 7.05. The third-order valence-electron chi connectivity index (χ3n) is 2.13. The summed E-state index contributed by atoms with van der Waals surface area (Å²) in [5.74, 6) is -0.115. The van der Waals surface area contributed by atoms with Crippen LogP contribution in [0.4, 0.5) is 5.69 Å². The summed E-state index contributed by atoms with van der Waals surface area (Å²) in [4.78, 5) is 11.4. The number of carbonyl (C=O) groups excluding carboxylic acids is 1. The third kappa shape index (κ3) is 3.97. The number of benzene rings is 1. The highest BCUT2D eigenvalue weighted by molar-refractivity contribution is 6.33. The van der Waals surface area contributed by atoms with Gasteiger partial charge in [0.25, 0.3) is 0 Å². The number of anilines is 1. The van der Waals surface area contributed by atoms with Crippen LogP contribution in [0.1, 0.15) is 18.9 Å². The second-order valence-electron chi connectivity index (χ2n) is 3.48. The Balaban J connectivity index is 2.63. The smallest absolute Gasteiger partial charge is 0.239 e. The number of rotatable bonds is 5. The molecule has 0 saturated heterocycles. The number of para-hydroxylation sites is 1. The van der Waals surface area contributed by atoms with E-state index in [0.717, 1.165) is 6.42 Å². The molecule has 0 unspecified atom stereocenters. The first-order valence-electron chi connectivity index (χ1n) is 5.38. The Bertz CT molecular complexity index is 440. The fourth-order valence-corrected chi connectivity index (χ4v) is 1.53. The van der Waals surface area contributed by atoms with E-state index < -0.39 is 0 Å². The van der Waals surface area contributed by atoms with E-state index >= 15 is 0 Å². The van der Waals surface area contributed by atoms with E-state index in [1.54, 1.807) is 18.2 Å². The Morgan fingerprint density at radius 3 is 2.94 bits per heavy atom. The van der Waals surface area contributed by atoms with Gasteiger partial charge in [-0.2, -0.15) is 5.26 Å². The van der Waals surface area contributed by atoms with E-state index in [4.69, 9.17) is 16.9 Å². The maximum absolute atomic E-state index is 11.4. The normalized spacial score (nSPS) is 9.47. The average Bonchev–Trinajstić information content (AvgIpc) is 2.34. The summed E-state index contributed by atoms with van der Waals surface area (Å²) >= 11 is 5.95. The van der Waals surface area contributed by atoms with Crippen molar-refractivity contribution in [3.05, 3.63) is 28.8 Å². The van der Waals surface area contributed by atoms with Crippen molar-refractivity contribution in [2.24, 2.45) is 0 Å². The number of hydrogen-bond acceptors (Lipinski definition) is 3. The Labute approximate surface area is 106 Å². The highest BCUT2D eigenvalue weighted by Gasteiger charge is 2.07. The van der Waals surface area contributed by atoms with Crippen LogP contribution in [0.15, 0.2) is 18.2 Å². The summed E-state index contributed by atoms with van der Waals surface area (Å²) in [6.45, 7) is 2.74. The van der Waals surface area contributed by atoms with Crippen LogP contribution in [0.3, 0.4) is 0 Å². The molecule has 5 heteroatoms. The summed E-state index contributed by atoms with van der Waals surface area (Å²) in [5, 5.41) is 14.9. The average molecular weight is 252 g/mol. The molecule has 4 nitrogen and oxygen atoms in total. The van der Waals surface area contributed by atoms with Crippen LogP contribution in [0.2, 0.25) is 5.02 Å². The molecular formula is C12H14ClN3O. The van der Waals surface area contributed by atoms with Gasteiger partial charge in [-0.3, -0.25) is 4.79 Å². The van der Waals surface area contributed by atoms with Crippen LogP contribution in [0.25, 0.3) is 0 Å². The second-order valence-corrected chi connectivity index (χ2v) is 3.88. The maximum atomic E-state index is 11.4. The van der Waals surface area contributed by atoms with Crippen LogP contribution < -0.4 is 10.6 Å². The molecule has 0 heterocycles. The lowest BCUT2D eigenvalue weighted by atomic mass is 10.2. The van der Waals surface area contributed by atoms with Gasteiger partial charge >= 0.3 is 0 Å². The lowest BCUT2D eigenvalue weighted by molar-refractivity contribution is -0.119. The minimum atomic E-state index is -0.115. The Morgan fingerprint density at radius 1 is 1.53 bits per heavy atom. The van der Waals surface area contributed by atoms with E-state index in [-0.39, 0.29) is 12.5 Å². The minimum absolute atomic E-state index is 0.110. The van der Waals surface area contributed by atoms with Gasteiger partial charge in [-0.1, -0.05) is 24.6 Å². The molecule has 1 rings (SSSR count). The number of halogens is 1. The Kier molecular flexibility index (Phi) is 5.31. The standard InChI is InChI=1S/C12H14ClN3O/c1-2-6-15-11(17)8-16-12-9(7-14)4-3-5-10(12)13/h3-5,16H,2,6,8H2,1H3,(H,15,17). The molecule has 1 amide bonds. The second kappa shape index (κ2) is 6.77. The number of nitrogens with one attached hydrogen (secondary N) is 2. The molecule has 1 aromatic rings. The molecular weight excluding hydrogens is 238 g/mol. The van der Waals surface area contributed by atoms with Gasteiger partial charge in [-0.15, -0.1) is 0 Å². The van der Waals surface area contributed by atoms with E-state index in [2.05, 4.69) is 10.6 Å². The predicted molar refractivity (Wildman–Crippen MR) is 68.0 cm³/mol. The van der Waals surface area contributed by atoms with Crippen LogP contribution in [0, 0.1) is 11.3 Å². The van der Waals surface area contributed by atoms with Crippen molar-refractivity contribution in [2.75, 3.05) is 18.4 Å². The lowest BCUT2D eigenvalue weighted by Crippen LogP contribution is -2.30. The van der Waals surface area contributed by atoms with E-state index in [1.165, 1.54) is 0 Å². The van der Waals surface area contributed by atoms with Crippen molar-refractivity contribution in [3.8, 4) is 6.07 Å². The van der Waals surface area contributed by atoms with E-state index in [0.29, 0.717) is 22.8 Å². The first-order valence-corrected chi connectivity index (χ1v) is 5.76. The lowest BCUT2D eigenvalue weighted by Gasteiger charge is -2.09. The van der Waals surface area contributed by atoms with Crippen molar-refractivity contribution in [1.29, 1.82) is 5.26 Å². The van der Waals surface area contributed by atoms with Gasteiger partial charge in [0.15, 0.2) is 0 Å². The molecule has 0 aliphatic rings. The molecule has 0 radical (unpaired) electrons. The van der Waals surface area contributed by atoms with Gasteiger partial charge in [0.2, 0.25) is 5.91 Å². The molecule has 0 atom stereocenters. The Morgan fingerprint density at radius 2 is 2.29 bits per heavy atom. The molecule has 0 bridgehead atoms. The SMILES string of the molecule is CCCNC(=O)CNc1c(Cl)cccc1C#N. The summed E-state index contributed by atoms with van der Waals surface area (Å²) in [6.07, 6.45) is 0.890. The molecule has 0 aromatic heterocycles. The van der Waals surface area contributed by atoms with Crippen LogP contribution in [-0.4, -0.2) is 19.0 Å². The number of carbonyl (C=O) groups is 1. The zero-order chi connectivity index (χ0) is 12.7.